The van der Waals surface area contributed by atoms with Gasteiger partial charge in [0.2, 0.25) is 0 Å². The van der Waals surface area contributed by atoms with E-state index < -0.39 is 24.6 Å². The summed E-state index contributed by atoms with van der Waals surface area (Å²) in [4.78, 5) is 12.6. The summed E-state index contributed by atoms with van der Waals surface area (Å²) in [6.07, 6.45) is 12.8. The molecule has 0 aliphatic carbocycles. The fraction of sp³-hybridized carbons (Fsp3) is 0.794. The standard InChI is InChI=1S/C34H57IO4S2/c1-24(2)12-9-13-25(3)14-10-15-26(4)16-18-34(8)19-17-30-29(7)31(27(5)28(6)32(30)39-34)38-33(36)37-22-11-20-35-21-23-40-41-35/h24-26H,9-23H2,1-8H3/t25-,26-,34-/m1/s1. The molecule has 0 saturated carbocycles. The third-order valence-electron chi connectivity index (χ3n) is 9.00. The molecule has 1 saturated heterocycles. The van der Waals surface area contributed by atoms with Crippen LogP contribution in [0.15, 0.2) is 0 Å². The Hall–Kier alpha value is -0.280. The van der Waals surface area contributed by atoms with Crippen LogP contribution in [0.1, 0.15) is 121 Å². The molecule has 3 atom stereocenters. The molecular formula is C34H57IO4S2. The van der Waals surface area contributed by atoms with Gasteiger partial charge in [0.25, 0.3) is 0 Å². The van der Waals surface area contributed by atoms with E-state index >= 15 is 0 Å². The van der Waals surface area contributed by atoms with Crippen molar-refractivity contribution in [3.63, 3.8) is 0 Å². The van der Waals surface area contributed by atoms with Crippen LogP contribution in [0.25, 0.3) is 0 Å². The van der Waals surface area contributed by atoms with E-state index in [9.17, 15) is 4.79 Å². The number of hydrogen-bond acceptors (Lipinski definition) is 6. The van der Waals surface area contributed by atoms with E-state index in [0.29, 0.717) is 12.4 Å². The first-order valence-electron chi connectivity index (χ1n) is 16.1. The van der Waals surface area contributed by atoms with E-state index in [1.807, 2.05) is 17.7 Å². The summed E-state index contributed by atoms with van der Waals surface area (Å²) in [7, 11) is 4.14. The van der Waals surface area contributed by atoms with Crippen molar-refractivity contribution in [1.29, 1.82) is 0 Å². The Morgan fingerprint density at radius 2 is 1.63 bits per heavy atom. The second-order valence-electron chi connectivity index (χ2n) is 13.3. The molecule has 1 fully saturated rings. The average Bonchev–Trinajstić information content (AvgIpc) is 3.45. The SMILES string of the molecule is Cc1c(C)c2c(c(C)c1OC(=O)OCCCI1CCSS1)CC[C@@](C)(CC[C@H](C)CCC[C@H](C)CCCC(C)C)O2. The van der Waals surface area contributed by atoms with Gasteiger partial charge in [0, 0.05) is 0 Å². The van der Waals surface area contributed by atoms with E-state index in [2.05, 4.69) is 56.4 Å². The van der Waals surface area contributed by atoms with E-state index in [1.54, 1.807) is 0 Å². The van der Waals surface area contributed by atoms with Gasteiger partial charge in [-0.05, 0) is 37.5 Å². The van der Waals surface area contributed by atoms with Crippen molar-refractivity contribution in [1.82, 2.24) is 0 Å². The Bertz CT molecular complexity index is 978. The molecule has 3 rings (SSSR count). The van der Waals surface area contributed by atoms with Gasteiger partial charge in [0.1, 0.15) is 0 Å². The summed E-state index contributed by atoms with van der Waals surface area (Å²) in [5.74, 6) is 5.37. The summed E-state index contributed by atoms with van der Waals surface area (Å²) in [6.45, 7) is 18.5. The molecule has 0 aromatic heterocycles. The zero-order valence-corrected chi connectivity index (χ0v) is 31.0. The van der Waals surface area contributed by atoms with Crippen molar-refractivity contribution >= 4 is 43.3 Å². The minimum absolute atomic E-state index is 0.143. The topological polar surface area (TPSA) is 44.8 Å². The van der Waals surface area contributed by atoms with Crippen molar-refractivity contribution < 1.29 is 19.0 Å². The zero-order chi connectivity index (χ0) is 30.0. The van der Waals surface area contributed by atoms with Gasteiger partial charge in [-0.1, -0.05) is 66.2 Å². The molecule has 41 heavy (non-hydrogen) atoms. The first-order valence-corrected chi connectivity index (χ1v) is 24.0. The number of hydrogen-bond donors (Lipinski definition) is 0. The Labute approximate surface area is 265 Å². The van der Waals surface area contributed by atoms with Gasteiger partial charge in [-0.2, -0.15) is 0 Å². The molecule has 236 valence electrons. The quantitative estimate of drug-likeness (QED) is 0.0423. The maximum absolute atomic E-state index is 12.6. The first kappa shape index (κ1) is 35.2. The molecule has 2 heterocycles. The van der Waals surface area contributed by atoms with Crippen molar-refractivity contribution in [3.8, 4) is 11.5 Å². The van der Waals surface area contributed by atoms with Crippen molar-refractivity contribution in [2.75, 3.05) is 21.2 Å². The number of benzene rings is 1. The Balaban J connectivity index is 1.47. The van der Waals surface area contributed by atoms with E-state index in [-0.39, 0.29) is 5.60 Å². The van der Waals surface area contributed by atoms with E-state index in [1.165, 1.54) is 65.1 Å². The fourth-order valence-electron chi connectivity index (χ4n) is 5.98. The van der Waals surface area contributed by atoms with Crippen LogP contribution in [0.3, 0.4) is 0 Å². The van der Waals surface area contributed by atoms with Crippen LogP contribution in [-0.2, 0) is 11.2 Å². The molecule has 0 spiro atoms. The molecule has 0 N–H and O–H groups in total. The van der Waals surface area contributed by atoms with Crippen molar-refractivity contribution in [2.45, 2.75) is 132 Å². The van der Waals surface area contributed by atoms with Crippen molar-refractivity contribution in [3.05, 3.63) is 22.3 Å². The maximum atomic E-state index is 12.6. The molecule has 0 unspecified atom stereocenters. The van der Waals surface area contributed by atoms with Gasteiger partial charge in [0.15, 0.2) is 0 Å². The molecule has 2 aliphatic rings. The third kappa shape index (κ3) is 11.3. The van der Waals surface area contributed by atoms with E-state index in [4.69, 9.17) is 14.2 Å². The molecule has 2 aliphatic heterocycles. The van der Waals surface area contributed by atoms with Crippen molar-refractivity contribution in [2.24, 2.45) is 17.8 Å². The number of carbonyl (C=O) groups excluding carboxylic acids is 1. The van der Waals surface area contributed by atoms with Crippen LogP contribution in [0.2, 0.25) is 0 Å². The molecule has 1 aromatic carbocycles. The van der Waals surface area contributed by atoms with E-state index in [0.717, 1.165) is 65.9 Å². The van der Waals surface area contributed by atoms with Crippen LogP contribution < -0.4 is 9.47 Å². The summed E-state index contributed by atoms with van der Waals surface area (Å²) < 4.78 is 20.7. The van der Waals surface area contributed by atoms with Crippen LogP contribution in [0.5, 0.6) is 11.5 Å². The monoisotopic (exact) mass is 720 g/mol. The second kappa shape index (κ2) is 17.3. The molecule has 0 bridgehead atoms. The van der Waals surface area contributed by atoms with Crippen LogP contribution in [0.4, 0.5) is 4.79 Å². The molecular weight excluding hydrogens is 663 g/mol. The fourth-order valence-corrected chi connectivity index (χ4v) is 22.5. The molecule has 0 radical (unpaired) electrons. The number of alkyl halides is 2. The van der Waals surface area contributed by atoms with Gasteiger partial charge in [-0.15, -0.1) is 0 Å². The molecule has 7 heteroatoms. The summed E-state index contributed by atoms with van der Waals surface area (Å²) in [6, 6.07) is 0. The molecule has 0 amide bonds. The Kier molecular flexibility index (Phi) is 14.8. The predicted octanol–water partition coefficient (Wildman–Crippen LogP) is 11.5. The van der Waals surface area contributed by atoms with Gasteiger partial charge in [-0.3, -0.25) is 0 Å². The van der Waals surface area contributed by atoms with Gasteiger partial charge < -0.3 is 0 Å². The number of carbonyl (C=O) groups is 1. The summed E-state index contributed by atoms with van der Waals surface area (Å²) in [5, 5.41) is 0. The average molecular weight is 721 g/mol. The molecule has 1 aromatic rings. The number of fused-ring (bicyclic) bond motifs is 1. The summed E-state index contributed by atoms with van der Waals surface area (Å²) in [5.41, 5.74) is 4.13. The predicted molar refractivity (Wildman–Crippen MR) is 189 cm³/mol. The first-order chi connectivity index (χ1) is 19.5. The van der Waals surface area contributed by atoms with Gasteiger partial charge >= 0.3 is 163 Å². The van der Waals surface area contributed by atoms with Gasteiger partial charge in [-0.25, -0.2) is 0 Å². The number of halogens is 1. The van der Waals surface area contributed by atoms with Gasteiger partial charge in [0.05, 0.1) is 0 Å². The van der Waals surface area contributed by atoms with Crippen LogP contribution in [0, 0.1) is 38.5 Å². The zero-order valence-electron chi connectivity index (χ0n) is 27.2. The number of rotatable bonds is 16. The Morgan fingerprint density at radius 3 is 2.29 bits per heavy atom. The second-order valence-corrected chi connectivity index (χ2v) is 25.8. The number of ether oxygens (including phenoxy) is 3. The third-order valence-corrected chi connectivity index (χ3v) is 24.3. The normalized spacial score (nSPS) is 21.0. The molecule has 4 nitrogen and oxygen atoms in total. The Morgan fingerprint density at radius 1 is 0.951 bits per heavy atom. The van der Waals surface area contributed by atoms with Crippen LogP contribution >= 0.6 is 37.2 Å². The minimum atomic E-state index is -0.827. The summed E-state index contributed by atoms with van der Waals surface area (Å²) >= 11 is -0.827. The van der Waals surface area contributed by atoms with Crippen LogP contribution in [-0.4, -0.2) is 33.0 Å².